The monoisotopic (exact) mass is 219 g/mol. The number of ether oxygens (including phenoxy) is 1. The Kier molecular flexibility index (Phi) is 3.57. The lowest BCUT2D eigenvalue weighted by Gasteiger charge is -2.20. The maximum absolute atomic E-state index is 12.6. The van der Waals surface area contributed by atoms with Crippen molar-refractivity contribution in [2.75, 3.05) is 13.7 Å². The second-order valence-corrected chi connectivity index (χ2v) is 3.07. The average molecular weight is 219 g/mol. The molecule has 0 bridgehead atoms. The fourth-order valence-corrected chi connectivity index (χ4v) is 1.39. The standard InChI is InChI=1S/C10H12F3NO/c1-15-9-5-3-2-4-7(9)8(6-14)10(11,12)13/h2-5,8H,6,14H2,1H3. The van der Waals surface area contributed by atoms with E-state index in [1.54, 1.807) is 6.07 Å². The Morgan fingerprint density at radius 1 is 1.33 bits per heavy atom. The van der Waals surface area contributed by atoms with Crippen molar-refractivity contribution >= 4 is 0 Å². The van der Waals surface area contributed by atoms with E-state index in [-0.39, 0.29) is 11.3 Å². The van der Waals surface area contributed by atoms with Crippen molar-refractivity contribution < 1.29 is 17.9 Å². The molecular weight excluding hydrogens is 207 g/mol. The minimum atomic E-state index is -4.34. The van der Waals surface area contributed by atoms with E-state index >= 15 is 0 Å². The van der Waals surface area contributed by atoms with E-state index in [1.165, 1.54) is 25.3 Å². The Morgan fingerprint density at radius 2 is 1.93 bits per heavy atom. The van der Waals surface area contributed by atoms with Gasteiger partial charge in [0.05, 0.1) is 13.0 Å². The van der Waals surface area contributed by atoms with E-state index in [0.717, 1.165) is 0 Å². The Hall–Kier alpha value is -1.23. The summed E-state index contributed by atoms with van der Waals surface area (Å²) in [5, 5.41) is 0. The summed E-state index contributed by atoms with van der Waals surface area (Å²) in [4.78, 5) is 0. The highest BCUT2D eigenvalue weighted by atomic mass is 19.4. The van der Waals surface area contributed by atoms with E-state index in [1.807, 2.05) is 0 Å². The van der Waals surface area contributed by atoms with Crippen molar-refractivity contribution in [2.45, 2.75) is 12.1 Å². The normalized spacial score (nSPS) is 13.7. The molecule has 0 aromatic heterocycles. The molecule has 0 saturated carbocycles. The fraction of sp³-hybridized carbons (Fsp3) is 0.400. The second-order valence-electron chi connectivity index (χ2n) is 3.07. The lowest BCUT2D eigenvalue weighted by Crippen LogP contribution is -2.28. The van der Waals surface area contributed by atoms with E-state index in [4.69, 9.17) is 10.5 Å². The average Bonchev–Trinajstić information content (AvgIpc) is 2.17. The van der Waals surface area contributed by atoms with Crippen molar-refractivity contribution in [3.8, 4) is 5.75 Å². The van der Waals surface area contributed by atoms with Crippen molar-refractivity contribution in [3.05, 3.63) is 29.8 Å². The van der Waals surface area contributed by atoms with Gasteiger partial charge >= 0.3 is 6.18 Å². The first-order valence-corrected chi connectivity index (χ1v) is 4.40. The van der Waals surface area contributed by atoms with Crippen molar-refractivity contribution in [1.29, 1.82) is 0 Å². The van der Waals surface area contributed by atoms with Gasteiger partial charge < -0.3 is 10.5 Å². The van der Waals surface area contributed by atoms with Gasteiger partial charge in [0.15, 0.2) is 0 Å². The molecule has 84 valence electrons. The molecule has 0 fully saturated rings. The quantitative estimate of drug-likeness (QED) is 0.846. The third-order valence-electron chi connectivity index (χ3n) is 2.15. The van der Waals surface area contributed by atoms with Gasteiger partial charge in [0.2, 0.25) is 0 Å². The van der Waals surface area contributed by atoms with Gasteiger partial charge in [-0.05, 0) is 6.07 Å². The van der Waals surface area contributed by atoms with Crippen LogP contribution in [0, 0.1) is 0 Å². The van der Waals surface area contributed by atoms with Crippen LogP contribution in [0.2, 0.25) is 0 Å². The van der Waals surface area contributed by atoms with Crippen LogP contribution in [0.5, 0.6) is 5.75 Å². The molecule has 15 heavy (non-hydrogen) atoms. The van der Waals surface area contributed by atoms with Crippen LogP contribution in [0.1, 0.15) is 11.5 Å². The summed E-state index contributed by atoms with van der Waals surface area (Å²) in [6.45, 7) is -0.482. The van der Waals surface area contributed by atoms with Crippen molar-refractivity contribution in [2.24, 2.45) is 5.73 Å². The summed E-state index contributed by atoms with van der Waals surface area (Å²) < 4.78 is 42.6. The van der Waals surface area contributed by atoms with Crippen LogP contribution in [0.15, 0.2) is 24.3 Å². The van der Waals surface area contributed by atoms with E-state index in [9.17, 15) is 13.2 Å². The summed E-state index contributed by atoms with van der Waals surface area (Å²) in [6, 6.07) is 6.02. The number of rotatable bonds is 3. The largest absolute Gasteiger partial charge is 0.496 e. The number of nitrogens with two attached hydrogens (primary N) is 1. The molecule has 0 saturated heterocycles. The van der Waals surface area contributed by atoms with Gasteiger partial charge in [-0.25, -0.2) is 0 Å². The summed E-state index contributed by atoms with van der Waals surface area (Å²) in [6.07, 6.45) is -4.34. The molecule has 2 nitrogen and oxygen atoms in total. The smallest absolute Gasteiger partial charge is 0.397 e. The first-order valence-electron chi connectivity index (χ1n) is 4.40. The third kappa shape index (κ3) is 2.62. The molecule has 0 radical (unpaired) electrons. The zero-order chi connectivity index (χ0) is 11.5. The molecule has 1 rings (SSSR count). The molecular formula is C10H12F3NO. The molecule has 0 spiro atoms. The summed E-state index contributed by atoms with van der Waals surface area (Å²) in [7, 11) is 1.34. The van der Waals surface area contributed by atoms with Crippen molar-refractivity contribution in [1.82, 2.24) is 0 Å². The molecule has 0 aliphatic heterocycles. The van der Waals surface area contributed by atoms with Crippen LogP contribution in [0.3, 0.4) is 0 Å². The van der Waals surface area contributed by atoms with Crippen LogP contribution in [0.4, 0.5) is 13.2 Å². The van der Waals surface area contributed by atoms with E-state index in [2.05, 4.69) is 0 Å². The molecule has 1 aromatic carbocycles. The molecule has 0 heterocycles. The molecule has 0 aliphatic rings. The minimum absolute atomic E-state index is 0.0787. The molecule has 1 aromatic rings. The Balaban J connectivity index is 3.12. The Labute approximate surface area is 85.8 Å². The number of methoxy groups -OCH3 is 1. The Morgan fingerprint density at radius 3 is 2.40 bits per heavy atom. The van der Waals surface area contributed by atoms with Gasteiger partial charge in [0.25, 0.3) is 0 Å². The van der Waals surface area contributed by atoms with E-state index < -0.39 is 18.6 Å². The van der Waals surface area contributed by atoms with Crippen LogP contribution in [-0.4, -0.2) is 19.8 Å². The molecule has 5 heteroatoms. The highest BCUT2D eigenvalue weighted by molar-refractivity contribution is 5.37. The van der Waals surface area contributed by atoms with Gasteiger partial charge in [-0.3, -0.25) is 0 Å². The minimum Gasteiger partial charge on any atom is -0.496 e. The first-order chi connectivity index (χ1) is 7.00. The highest BCUT2D eigenvalue weighted by Crippen LogP contribution is 2.37. The number of hydrogen-bond donors (Lipinski definition) is 1. The molecule has 0 aliphatic carbocycles. The van der Waals surface area contributed by atoms with Gasteiger partial charge in [-0.1, -0.05) is 18.2 Å². The number of alkyl halides is 3. The zero-order valence-electron chi connectivity index (χ0n) is 8.21. The van der Waals surface area contributed by atoms with E-state index in [0.29, 0.717) is 0 Å². The lowest BCUT2D eigenvalue weighted by atomic mass is 9.98. The summed E-state index contributed by atoms with van der Waals surface area (Å²) in [5.74, 6) is -1.46. The topological polar surface area (TPSA) is 35.2 Å². The second kappa shape index (κ2) is 4.53. The molecule has 0 amide bonds. The number of para-hydroxylation sites is 1. The highest BCUT2D eigenvalue weighted by Gasteiger charge is 2.40. The number of benzene rings is 1. The predicted octanol–water partition coefficient (Wildman–Crippen LogP) is 2.30. The maximum atomic E-state index is 12.6. The zero-order valence-corrected chi connectivity index (χ0v) is 8.21. The number of halogens is 3. The summed E-state index contributed by atoms with van der Waals surface area (Å²) in [5.41, 5.74) is 5.22. The third-order valence-corrected chi connectivity index (χ3v) is 2.15. The van der Waals surface area contributed by atoms with Gasteiger partial charge in [-0.15, -0.1) is 0 Å². The van der Waals surface area contributed by atoms with Crippen molar-refractivity contribution in [3.63, 3.8) is 0 Å². The van der Waals surface area contributed by atoms with Crippen LogP contribution in [0.25, 0.3) is 0 Å². The SMILES string of the molecule is COc1ccccc1C(CN)C(F)(F)F. The lowest BCUT2D eigenvalue weighted by molar-refractivity contribution is -0.148. The van der Waals surface area contributed by atoms with Gasteiger partial charge in [0.1, 0.15) is 5.75 Å². The Bertz CT molecular complexity index is 325. The first kappa shape index (κ1) is 11.8. The molecule has 1 atom stereocenters. The summed E-state index contributed by atoms with van der Waals surface area (Å²) >= 11 is 0. The van der Waals surface area contributed by atoms with Gasteiger partial charge in [0, 0.05) is 12.1 Å². The van der Waals surface area contributed by atoms with Gasteiger partial charge in [-0.2, -0.15) is 13.2 Å². The molecule has 1 unspecified atom stereocenters. The maximum Gasteiger partial charge on any atom is 0.397 e. The predicted molar refractivity (Wildman–Crippen MR) is 50.8 cm³/mol. The van der Waals surface area contributed by atoms with Crippen LogP contribution < -0.4 is 10.5 Å². The number of hydrogen-bond acceptors (Lipinski definition) is 2. The van der Waals surface area contributed by atoms with Crippen LogP contribution >= 0.6 is 0 Å². The molecule has 2 N–H and O–H groups in total. The van der Waals surface area contributed by atoms with Crippen LogP contribution in [-0.2, 0) is 0 Å². The fourth-order valence-electron chi connectivity index (χ4n) is 1.39.